The predicted octanol–water partition coefficient (Wildman–Crippen LogP) is 2.52. The Balaban J connectivity index is 3.27. The van der Waals surface area contributed by atoms with Crippen molar-refractivity contribution >= 4 is 23.3 Å². The Kier molecular flexibility index (Phi) is 3.18. The molecule has 0 radical (unpaired) electrons. The van der Waals surface area contributed by atoms with Crippen molar-refractivity contribution in [1.29, 1.82) is 0 Å². The van der Waals surface area contributed by atoms with Crippen LogP contribution < -0.4 is 10.5 Å². The fraction of sp³-hybridized carbons (Fsp3) is 0.125. The molecule has 0 heterocycles. The van der Waals surface area contributed by atoms with Crippen molar-refractivity contribution in [2.45, 2.75) is 6.36 Å². The molecule has 0 aliphatic heterocycles. The SMILES string of the molecule is Nc1ccc(C(=O)O)c(Cl)c1OC(F)(F)F. The van der Waals surface area contributed by atoms with Crippen molar-refractivity contribution < 1.29 is 27.8 Å². The third-order valence-electron chi connectivity index (χ3n) is 1.58. The summed E-state index contributed by atoms with van der Waals surface area (Å²) >= 11 is 5.43. The summed E-state index contributed by atoms with van der Waals surface area (Å²) < 4.78 is 39.4. The number of aromatic carboxylic acids is 1. The minimum absolute atomic E-state index is 0.396. The largest absolute Gasteiger partial charge is 0.573 e. The molecule has 1 rings (SSSR count). The highest BCUT2D eigenvalue weighted by atomic mass is 35.5. The summed E-state index contributed by atoms with van der Waals surface area (Å²) in [6, 6.07) is 1.96. The number of alkyl halides is 3. The van der Waals surface area contributed by atoms with Crippen molar-refractivity contribution in [2.24, 2.45) is 0 Å². The molecule has 0 spiro atoms. The number of carbonyl (C=O) groups is 1. The zero-order chi connectivity index (χ0) is 12.5. The number of halogens is 4. The Morgan fingerprint density at radius 1 is 1.44 bits per heavy atom. The molecule has 0 atom stereocenters. The minimum Gasteiger partial charge on any atom is -0.478 e. The van der Waals surface area contributed by atoms with E-state index in [1.54, 1.807) is 0 Å². The quantitative estimate of drug-likeness (QED) is 0.797. The molecule has 0 aliphatic carbocycles. The van der Waals surface area contributed by atoms with Gasteiger partial charge in [-0.25, -0.2) is 4.79 Å². The maximum Gasteiger partial charge on any atom is 0.573 e. The summed E-state index contributed by atoms with van der Waals surface area (Å²) in [4.78, 5) is 10.6. The number of hydrogen-bond donors (Lipinski definition) is 2. The van der Waals surface area contributed by atoms with Crippen molar-refractivity contribution in [3.05, 3.63) is 22.7 Å². The molecule has 0 bridgehead atoms. The Morgan fingerprint density at radius 2 is 2.00 bits per heavy atom. The highest BCUT2D eigenvalue weighted by Gasteiger charge is 2.34. The average molecular weight is 256 g/mol. The zero-order valence-electron chi connectivity index (χ0n) is 7.51. The van der Waals surface area contributed by atoms with E-state index in [9.17, 15) is 18.0 Å². The number of carboxylic acids is 1. The third kappa shape index (κ3) is 2.69. The number of carboxylic acid groups (broad SMARTS) is 1. The Hall–Kier alpha value is -1.63. The lowest BCUT2D eigenvalue weighted by molar-refractivity contribution is -0.274. The average Bonchev–Trinajstić information content (AvgIpc) is 2.10. The molecule has 0 aliphatic rings. The first kappa shape index (κ1) is 12.4. The molecule has 88 valence electrons. The van der Waals surface area contributed by atoms with Gasteiger partial charge in [-0.05, 0) is 12.1 Å². The van der Waals surface area contributed by atoms with Crippen molar-refractivity contribution in [1.82, 2.24) is 0 Å². The number of ether oxygens (including phenoxy) is 1. The van der Waals surface area contributed by atoms with Gasteiger partial charge in [0.25, 0.3) is 0 Å². The van der Waals surface area contributed by atoms with Gasteiger partial charge in [-0.1, -0.05) is 11.6 Å². The first-order valence-corrected chi connectivity index (χ1v) is 4.17. The van der Waals surface area contributed by atoms with Crippen LogP contribution in [0.15, 0.2) is 12.1 Å². The van der Waals surface area contributed by atoms with E-state index in [1.165, 1.54) is 0 Å². The molecule has 0 saturated heterocycles. The van der Waals surface area contributed by atoms with Gasteiger partial charge in [0.1, 0.15) is 0 Å². The lowest BCUT2D eigenvalue weighted by Gasteiger charge is -2.13. The Bertz CT molecular complexity index is 433. The van der Waals surface area contributed by atoms with Gasteiger partial charge in [0.15, 0.2) is 5.75 Å². The Labute approximate surface area is 92.4 Å². The van der Waals surface area contributed by atoms with E-state index in [-0.39, 0.29) is 0 Å². The molecule has 1 aromatic carbocycles. The Morgan fingerprint density at radius 3 is 2.44 bits per heavy atom. The summed E-state index contributed by atoms with van der Waals surface area (Å²) in [6.07, 6.45) is -4.99. The number of nitrogens with two attached hydrogens (primary N) is 1. The molecule has 0 unspecified atom stereocenters. The first-order valence-electron chi connectivity index (χ1n) is 3.79. The van der Waals surface area contributed by atoms with Crippen LogP contribution in [-0.2, 0) is 0 Å². The van der Waals surface area contributed by atoms with E-state index < -0.39 is 34.4 Å². The second kappa shape index (κ2) is 4.09. The molecule has 1 aromatic rings. The third-order valence-corrected chi connectivity index (χ3v) is 1.95. The molecule has 0 fully saturated rings. The van der Waals surface area contributed by atoms with E-state index in [0.717, 1.165) is 12.1 Å². The van der Waals surface area contributed by atoms with Crippen LogP contribution in [-0.4, -0.2) is 17.4 Å². The van der Waals surface area contributed by atoms with E-state index >= 15 is 0 Å². The van der Waals surface area contributed by atoms with Gasteiger partial charge in [0.05, 0.1) is 16.3 Å². The van der Waals surface area contributed by atoms with Crippen LogP contribution in [0.5, 0.6) is 5.75 Å². The first-order chi connectivity index (χ1) is 7.22. The number of nitrogen functional groups attached to an aromatic ring is 1. The van der Waals surface area contributed by atoms with Gasteiger partial charge in [0, 0.05) is 0 Å². The van der Waals surface area contributed by atoms with Gasteiger partial charge in [-0.3, -0.25) is 0 Å². The maximum atomic E-state index is 12.0. The van der Waals surface area contributed by atoms with Crippen molar-refractivity contribution in [3.63, 3.8) is 0 Å². The molecule has 3 N–H and O–H groups in total. The summed E-state index contributed by atoms with van der Waals surface area (Å²) in [6.45, 7) is 0. The summed E-state index contributed by atoms with van der Waals surface area (Å²) in [5.41, 5.74) is 4.28. The lowest BCUT2D eigenvalue weighted by Crippen LogP contribution is -2.19. The van der Waals surface area contributed by atoms with Crippen LogP contribution in [0.3, 0.4) is 0 Å². The van der Waals surface area contributed by atoms with E-state index in [4.69, 9.17) is 22.4 Å². The second-order valence-electron chi connectivity index (χ2n) is 2.70. The summed E-state index contributed by atoms with van der Waals surface area (Å²) in [5, 5.41) is 7.93. The highest BCUT2D eigenvalue weighted by Crippen LogP contribution is 2.37. The van der Waals surface area contributed by atoms with Crippen LogP contribution in [0.1, 0.15) is 10.4 Å². The second-order valence-corrected chi connectivity index (χ2v) is 3.08. The van der Waals surface area contributed by atoms with E-state index in [1.807, 2.05) is 0 Å². The van der Waals surface area contributed by atoms with Gasteiger partial charge in [-0.2, -0.15) is 0 Å². The molecular weight excluding hydrogens is 251 g/mol. The molecule has 0 saturated carbocycles. The highest BCUT2D eigenvalue weighted by molar-refractivity contribution is 6.35. The lowest BCUT2D eigenvalue weighted by atomic mass is 10.2. The fourth-order valence-electron chi connectivity index (χ4n) is 0.956. The van der Waals surface area contributed by atoms with Crippen LogP contribution in [0.2, 0.25) is 5.02 Å². The number of hydrogen-bond acceptors (Lipinski definition) is 3. The molecule has 4 nitrogen and oxygen atoms in total. The maximum absolute atomic E-state index is 12.0. The van der Waals surface area contributed by atoms with E-state index in [2.05, 4.69) is 4.74 Å². The van der Waals surface area contributed by atoms with Crippen LogP contribution in [0.25, 0.3) is 0 Å². The molecule has 0 amide bonds. The standard InChI is InChI=1S/C8H5ClF3NO3/c9-5-3(7(14)15)1-2-4(13)6(5)16-8(10,11)12/h1-2H,13H2,(H,14,15). The van der Waals surface area contributed by atoms with E-state index in [0.29, 0.717) is 0 Å². The molecule has 8 heteroatoms. The van der Waals surface area contributed by atoms with Gasteiger partial charge in [0.2, 0.25) is 0 Å². The number of rotatable bonds is 2. The normalized spacial score (nSPS) is 11.2. The predicted molar refractivity (Wildman–Crippen MR) is 49.5 cm³/mol. The monoisotopic (exact) mass is 255 g/mol. The topological polar surface area (TPSA) is 72.6 Å². The number of anilines is 1. The van der Waals surface area contributed by atoms with Crippen molar-refractivity contribution in [3.8, 4) is 5.75 Å². The minimum atomic E-state index is -4.99. The van der Waals surface area contributed by atoms with Gasteiger partial charge >= 0.3 is 12.3 Å². The fourth-order valence-corrected chi connectivity index (χ4v) is 1.25. The molecule has 0 aromatic heterocycles. The molecular formula is C8H5ClF3NO3. The van der Waals surface area contributed by atoms with Crippen LogP contribution in [0, 0.1) is 0 Å². The summed E-state index contributed by atoms with van der Waals surface area (Å²) in [5.74, 6) is -2.38. The van der Waals surface area contributed by atoms with Gasteiger partial charge < -0.3 is 15.6 Å². The van der Waals surface area contributed by atoms with Crippen LogP contribution in [0.4, 0.5) is 18.9 Å². The van der Waals surface area contributed by atoms with Gasteiger partial charge in [-0.15, -0.1) is 13.2 Å². The zero-order valence-corrected chi connectivity index (χ0v) is 8.26. The van der Waals surface area contributed by atoms with Crippen LogP contribution >= 0.6 is 11.6 Å². The smallest absolute Gasteiger partial charge is 0.478 e. The van der Waals surface area contributed by atoms with Crippen molar-refractivity contribution in [2.75, 3.05) is 5.73 Å². The number of benzene rings is 1. The summed E-state index contributed by atoms with van der Waals surface area (Å²) in [7, 11) is 0. The molecule has 16 heavy (non-hydrogen) atoms.